The van der Waals surface area contributed by atoms with Gasteiger partial charge in [-0.15, -0.1) is 11.3 Å². The predicted molar refractivity (Wildman–Crippen MR) is 174 cm³/mol. The Bertz CT molecular complexity index is 1380. The molecular weight excluding hydrogens is 572 g/mol. The smallest absolute Gasteiger partial charge is 0.239 e. The van der Waals surface area contributed by atoms with Gasteiger partial charge in [0.05, 0.1) is 18.2 Å². The van der Waals surface area contributed by atoms with E-state index in [2.05, 4.69) is 31.9 Å². The summed E-state index contributed by atoms with van der Waals surface area (Å²) in [4.78, 5) is 32.9. The summed E-state index contributed by atoms with van der Waals surface area (Å²) in [6, 6.07) is 20.9. The van der Waals surface area contributed by atoms with Gasteiger partial charge in [-0.2, -0.15) is 0 Å². The number of piperazine rings is 1. The van der Waals surface area contributed by atoms with Crippen molar-refractivity contribution in [1.29, 1.82) is 0 Å². The van der Waals surface area contributed by atoms with Gasteiger partial charge >= 0.3 is 0 Å². The van der Waals surface area contributed by atoms with Gasteiger partial charge < -0.3 is 20.8 Å². The second kappa shape index (κ2) is 14.3. The lowest BCUT2D eigenvalue weighted by Crippen LogP contribution is -2.61. The third-order valence-electron chi connectivity index (χ3n) is 8.54. The molecule has 3 aromatic rings. The summed E-state index contributed by atoms with van der Waals surface area (Å²) in [5.74, 6) is -0.737. The minimum Gasteiger partial charge on any atom is -0.392 e. The zero-order chi connectivity index (χ0) is 31.3. The van der Waals surface area contributed by atoms with Crippen LogP contribution in [0.2, 0.25) is 0 Å². The number of aliphatic hydroxyl groups is 2. The van der Waals surface area contributed by atoms with Gasteiger partial charge in [-0.1, -0.05) is 60.7 Å². The van der Waals surface area contributed by atoms with Crippen molar-refractivity contribution in [2.45, 2.75) is 76.4 Å². The Morgan fingerprint density at radius 3 is 2.50 bits per heavy atom. The second-order valence-corrected chi connectivity index (χ2v) is 14.3. The standard InChI is InChI=1S/C35H46N4O4S/c1-35(2,3)37-34(43)30-23-38(22-28-13-9-17-44-28)15-16-39(30)21-27(40)19-26(18-24-10-5-4-6-11-24)33(42)36-32-29-14-8-7-12-25(29)20-31(32)41/h4-14,17,26-27,30-32,40-41H,15-16,18-23H2,1-3H3,(H,36,42)(H,37,43)/t26-,27-,30-,31+,32-/m0/s1. The fourth-order valence-electron chi connectivity index (χ4n) is 6.44. The number of carbonyl (C=O) groups is 2. The lowest BCUT2D eigenvalue weighted by Gasteiger charge is -2.42. The van der Waals surface area contributed by atoms with Gasteiger partial charge in [0.2, 0.25) is 11.8 Å². The summed E-state index contributed by atoms with van der Waals surface area (Å²) in [7, 11) is 0. The summed E-state index contributed by atoms with van der Waals surface area (Å²) in [5.41, 5.74) is 2.62. The Balaban J connectivity index is 1.28. The largest absolute Gasteiger partial charge is 0.392 e. The second-order valence-electron chi connectivity index (χ2n) is 13.3. The van der Waals surface area contributed by atoms with Crippen molar-refractivity contribution >= 4 is 23.2 Å². The Morgan fingerprint density at radius 2 is 1.77 bits per heavy atom. The molecule has 2 heterocycles. The molecule has 1 aromatic heterocycles. The van der Waals surface area contributed by atoms with E-state index in [1.807, 2.05) is 81.4 Å². The van der Waals surface area contributed by atoms with Crippen LogP contribution in [-0.2, 0) is 29.0 Å². The van der Waals surface area contributed by atoms with Gasteiger partial charge in [-0.05, 0) is 61.7 Å². The van der Waals surface area contributed by atoms with E-state index in [4.69, 9.17) is 0 Å². The molecule has 1 aliphatic heterocycles. The summed E-state index contributed by atoms with van der Waals surface area (Å²) < 4.78 is 0. The molecule has 5 atom stereocenters. The Kier molecular flexibility index (Phi) is 10.5. The van der Waals surface area contributed by atoms with E-state index >= 15 is 0 Å². The summed E-state index contributed by atoms with van der Waals surface area (Å²) >= 11 is 1.72. The normalized spacial score (nSPS) is 22.2. The maximum Gasteiger partial charge on any atom is 0.239 e. The van der Waals surface area contributed by atoms with Gasteiger partial charge in [0.15, 0.2) is 0 Å². The molecule has 2 aromatic carbocycles. The maximum absolute atomic E-state index is 13.8. The van der Waals surface area contributed by atoms with Crippen molar-refractivity contribution in [3.05, 3.63) is 93.7 Å². The number of benzene rings is 2. The van der Waals surface area contributed by atoms with E-state index in [9.17, 15) is 19.8 Å². The lowest BCUT2D eigenvalue weighted by atomic mass is 9.91. The zero-order valence-electron chi connectivity index (χ0n) is 26.0. The monoisotopic (exact) mass is 618 g/mol. The molecule has 5 rings (SSSR count). The minimum absolute atomic E-state index is 0.0481. The molecule has 2 amide bonds. The van der Waals surface area contributed by atoms with E-state index in [1.54, 1.807) is 11.3 Å². The molecule has 4 N–H and O–H groups in total. The average molecular weight is 619 g/mol. The molecular formula is C35H46N4O4S. The third-order valence-corrected chi connectivity index (χ3v) is 9.40. The minimum atomic E-state index is -0.816. The highest BCUT2D eigenvalue weighted by Gasteiger charge is 2.37. The first-order valence-corrected chi connectivity index (χ1v) is 16.5. The van der Waals surface area contributed by atoms with Crippen molar-refractivity contribution < 1.29 is 19.8 Å². The average Bonchev–Trinajstić information content (AvgIpc) is 3.60. The molecule has 0 radical (unpaired) electrons. The molecule has 1 fully saturated rings. The number of carbonyl (C=O) groups excluding carboxylic acids is 2. The van der Waals surface area contributed by atoms with Crippen LogP contribution in [0, 0.1) is 5.92 Å². The number of rotatable bonds is 11. The molecule has 236 valence electrons. The van der Waals surface area contributed by atoms with E-state index in [1.165, 1.54) is 4.88 Å². The number of fused-ring (bicyclic) bond motifs is 1. The van der Waals surface area contributed by atoms with Crippen LogP contribution in [0.5, 0.6) is 0 Å². The highest BCUT2D eigenvalue weighted by atomic mass is 32.1. The van der Waals surface area contributed by atoms with Gasteiger partial charge in [-0.3, -0.25) is 19.4 Å². The van der Waals surface area contributed by atoms with Crippen molar-refractivity contribution in [2.75, 3.05) is 26.2 Å². The van der Waals surface area contributed by atoms with Crippen LogP contribution in [0.1, 0.15) is 54.8 Å². The highest BCUT2D eigenvalue weighted by Crippen LogP contribution is 2.32. The van der Waals surface area contributed by atoms with E-state index < -0.39 is 30.2 Å². The Hall–Kier alpha value is -3.08. The Morgan fingerprint density at radius 1 is 1.02 bits per heavy atom. The summed E-state index contributed by atoms with van der Waals surface area (Å²) in [5, 5.41) is 30.6. The molecule has 8 nitrogen and oxygen atoms in total. The van der Waals surface area contributed by atoms with Crippen LogP contribution in [0.4, 0.5) is 0 Å². The number of β-amino-alcohol motifs (C(OH)–C–C–N with tert-alkyl or cyclic N) is 1. The van der Waals surface area contributed by atoms with Crippen molar-refractivity contribution in [2.24, 2.45) is 5.92 Å². The molecule has 1 aliphatic carbocycles. The molecule has 2 aliphatic rings. The van der Waals surface area contributed by atoms with Crippen molar-refractivity contribution in [3.8, 4) is 0 Å². The fraction of sp³-hybridized carbons (Fsp3) is 0.486. The molecule has 9 heteroatoms. The lowest BCUT2D eigenvalue weighted by molar-refractivity contribution is -0.132. The van der Waals surface area contributed by atoms with Crippen LogP contribution in [-0.4, -0.2) is 81.8 Å². The first kappa shape index (κ1) is 32.3. The number of thiophene rings is 1. The number of amides is 2. The van der Waals surface area contributed by atoms with Crippen LogP contribution < -0.4 is 10.6 Å². The van der Waals surface area contributed by atoms with Crippen LogP contribution >= 0.6 is 11.3 Å². The van der Waals surface area contributed by atoms with Crippen molar-refractivity contribution in [3.63, 3.8) is 0 Å². The maximum atomic E-state index is 13.8. The zero-order valence-corrected chi connectivity index (χ0v) is 26.8. The number of hydrogen-bond acceptors (Lipinski definition) is 7. The highest BCUT2D eigenvalue weighted by molar-refractivity contribution is 7.09. The molecule has 1 saturated heterocycles. The number of hydrogen-bond donors (Lipinski definition) is 4. The molecule has 0 saturated carbocycles. The first-order chi connectivity index (χ1) is 21.1. The fourth-order valence-corrected chi connectivity index (χ4v) is 7.18. The Labute approximate surface area is 265 Å². The molecule has 44 heavy (non-hydrogen) atoms. The topological polar surface area (TPSA) is 105 Å². The molecule has 0 bridgehead atoms. The third kappa shape index (κ3) is 8.55. The van der Waals surface area contributed by atoms with Gasteiger partial charge in [-0.25, -0.2) is 0 Å². The van der Waals surface area contributed by atoms with E-state index in [-0.39, 0.29) is 23.8 Å². The number of nitrogens with zero attached hydrogens (tertiary/aromatic N) is 2. The van der Waals surface area contributed by atoms with Gasteiger partial charge in [0.1, 0.15) is 6.04 Å². The first-order valence-electron chi connectivity index (χ1n) is 15.6. The van der Waals surface area contributed by atoms with Gasteiger partial charge in [0.25, 0.3) is 0 Å². The van der Waals surface area contributed by atoms with E-state index in [0.717, 1.165) is 29.8 Å². The van der Waals surface area contributed by atoms with Crippen LogP contribution in [0.15, 0.2) is 72.1 Å². The quantitative estimate of drug-likeness (QED) is 0.262. The number of aliphatic hydroxyl groups excluding tert-OH is 2. The predicted octanol–water partition coefficient (Wildman–Crippen LogP) is 3.53. The number of nitrogens with one attached hydrogen (secondary N) is 2. The SMILES string of the molecule is CC(C)(C)NC(=O)[C@@H]1CN(Cc2cccs2)CCN1C[C@@H](O)C[C@H](Cc1ccccc1)C(=O)N[C@H]1c2ccccc2C[C@H]1O. The van der Waals surface area contributed by atoms with E-state index in [0.29, 0.717) is 32.5 Å². The van der Waals surface area contributed by atoms with Crippen LogP contribution in [0.3, 0.4) is 0 Å². The van der Waals surface area contributed by atoms with Gasteiger partial charge in [0, 0.05) is 55.5 Å². The summed E-state index contributed by atoms with van der Waals surface area (Å²) in [6.07, 6.45) is -0.288. The molecule has 0 unspecified atom stereocenters. The van der Waals surface area contributed by atoms with Crippen molar-refractivity contribution in [1.82, 2.24) is 20.4 Å². The molecule has 0 spiro atoms. The van der Waals surface area contributed by atoms with Crippen LogP contribution in [0.25, 0.3) is 0 Å². The summed E-state index contributed by atoms with van der Waals surface area (Å²) in [6.45, 7) is 9.02.